The summed E-state index contributed by atoms with van der Waals surface area (Å²) in [7, 11) is 0. The van der Waals surface area contributed by atoms with E-state index in [4.69, 9.17) is 4.11 Å². The molecule has 1 amide bonds. The second kappa shape index (κ2) is 8.29. The molecule has 1 aliphatic rings. The van der Waals surface area contributed by atoms with Gasteiger partial charge in [0.25, 0.3) is 11.5 Å². The third kappa shape index (κ3) is 3.82. The fourth-order valence-electron chi connectivity index (χ4n) is 4.54. The molecule has 0 fully saturated rings. The zero-order valence-electron chi connectivity index (χ0n) is 20.9. The van der Waals surface area contributed by atoms with Crippen molar-refractivity contribution in [3.63, 3.8) is 0 Å². The normalized spacial score (nSPS) is 18.5. The van der Waals surface area contributed by atoms with Gasteiger partial charge in [0, 0.05) is 43.1 Å². The number of aromatic amines is 1. The molecule has 1 atom stereocenters. The maximum atomic E-state index is 13.9. The van der Waals surface area contributed by atoms with Gasteiger partial charge in [0.15, 0.2) is 5.82 Å². The highest BCUT2D eigenvalue weighted by molar-refractivity contribution is 5.92. The fraction of sp³-hybridized carbons (Fsp3) is 0.240. The highest BCUT2D eigenvalue weighted by Gasteiger charge is 2.21. The molecule has 168 valence electrons. The van der Waals surface area contributed by atoms with Crippen LogP contribution in [0.25, 0.3) is 22.1 Å². The molecule has 8 heteroatoms. The molecule has 0 aliphatic carbocycles. The number of hydrogen-bond donors (Lipinski definition) is 2. The molecule has 0 radical (unpaired) electrons. The van der Waals surface area contributed by atoms with Crippen LogP contribution in [0.1, 0.15) is 32.7 Å². The standard InChI is InChI=1S/C25H24FN5O2/c1-15-13-30(9-7-18(15)17-4-5-20(28-12-17)24(32)27-2)14-16-3-6-22-21(11-16)29-25(33)23-19(26)8-10-31(22)23/h3-8,10-12,15H,9,13-14H2,1-2H3,(H,27,32)(H,29,33)/i2D3. The molecule has 0 saturated heterocycles. The first-order chi connectivity index (χ1) is 17.1. The van der Waals surface area contributed by atoms with Gasteiger partial charge in [-0.3, -0.25) is 19.5 Å². The van der Waals surface area contributed by atoms with E-state index >= 15 is 0 Å². The third-order valence-electron chi connectivity index (χ3n) is 6.10. The summed E-state index contributed by atoms with van der Waals surface area (Å²) in [6.07, 6.45) is 5.28. The molecule has 4 heterocycles. The SMILES string of the molecule is [2H]C([2H])([2H])NC(=O)c1ccc(C2=CCN(Cc3ccc4c(c3)[nH]c(=O)c3c(F)ccn34)CC2C)cn1. The second-order valence-electron chi connectivity index (χ2n) is 8.33. The summed E-state index contributed by atoms with van der Waals surface area (Å²) in [6.45, 7) is 1.73. The number of carbonyl (C=O) groups is 1. The Balaban J connectivity index is 1.31. The largest absolute Gasteiger partial charge is 0.354 e. The van der Waals surface area contributed by atoms with Crippen LogP contribution < -0.4 is 10.9 Å². The van der Waals surface area contributed by atoms with E-state index in [9.17, 15) is 14.0 Å². The molecule has 1 aromatic carbocycles. The van der Waals surface area contributed by atoms with Gasteiger partial charge in [0.2, 0.25) is 0 Å². The lowest BCUT2D eigenvalue weighted by Gasteiger charge is -2.31. The smallest absolute Gasteiger partial charge is 0.275 e. The minimum atomic E-state index is -2.56. The minimum absolute atomic E-state index is 0.0122. The van der Waals surface area contributed by atoms with Crippen molar-refractivity contribution in [3.05, 3.63) is 87.9 Å². The van der Waals surface area contributed by atoms with Crippen molar-refractivity contribution in [1.29, 1.82) is 0 Å². The summed E-state index contributed by atoms with van der Waals surface area (Å²) in [6, 6.07) is 10.4. The van der Waals surface area contributed by atoms with E-state index in [0.717, 1.165) is 28.8 Å². The number of hydrogen-bond acceptors (Lipinski definition) is 4. The quantitative estimate of drug-likeness (QED) is 0.502. The van der Waals surface area contributed by atoms with Gasteiger partial charge >= 0.3 is 0 Å². The van der Waals surface area contributed by atoms with Crippen LogP contribution in [0.2, 0.25) is 0 Å². The number of halogens is 1. The number of amides is 1. The number of nitrogens with one attached hydrogen (secondary N) is 2. The molecule has 2 N–H and O–H groups in total. The summed E-state index contributed by atoms with van der Waals surface area (Å²) in [5.41, 5.74) is 4.01. The number of nitrogens with zero attached hydrogens (tertiary/aromatic N) is 3. The molecule has 7 nitrogen and oxygen atoms in total. The lowest BCUT2D eigenvalue weighted by atomic mass is 9.91. The van der Waals surface area contributed by atoms with E-state index < -0.39 is 24.3 Å². The number of carbonyl (C=O) groups excluding carboxylic acids is 1. The Hall–Kier alpha value is -3.78. The van der Waals surface area contributed by atoms with Crippen molar-refractivity contribution in [2.75, 3.05) is 20.1 Å². The number of fused-ring (bicyclic) bond motifs is 3. The van der Waals surface area contributed by atoms with Crippen LogP contribution in [0.5, 0.6) is 0 Å². The van der Waals surface area contributed by atoms with Crippen molar-refractivity contribution in [3.8, 4) is 0 Å². The number of pyridine rings is 1. The molecule has 1 unspecified atom stereocenters. The molecule has 1 aliphatic heterocycles. The number of H-pyrrole nitrogens is 1. The molecule has 3 aromatic heterocycles. The number of rotatable bonds is 4. The molecular formula is C25H24FN5O2. The Morgan fingerprint density at radius 1 is 1.33 bits per heavy atom. The van der Waals surface area contributed by atoms with Crippen LogP contribution >= 0.6 is 0 Å². The van der Waals surface area contributed by atoms with Gasteiger partial charge < -0.3 is 14.7 Å². The van der Waals surface area contributed by atoms with E-state index in [1.807, 2.05) is 23.5 Å². The zero-order valence-corrected chi connectivity index (χ0v) is 17.9. The number of benzene rings is 1. The van der Waals surface area contributed by atoms with Crippen molar-refractivity contribution in [2.45, 2.75) is 13.5 Å². The van der Waals surface area contributed by atoms with Crippen LogP contribution in [-0.2, 0) is 6.54 Å². The van der Waals surface area contributed by atoms with Crippen LogP contribution in [0, 0.1) is 11.7 Å². The molecule has 5 rings (SSSR count). The molecular weight excluding hydrogens is 421 g/mol. The summed E-state index contributed by atoms with van der Waals surface area (Å²) >= 11 is 0. The average Bonchev–Trinajstić information content (AvgIpc) is 3.20. The monoisotopic (exact) mass is 448 g/mol. The Morgan fingerprint density at radius 2 is 2.21 bits per heavy atom. The minimum Gasteiger partial charge on any atom is -0.354 e. The van der Waals surface area contributed by atoms with Gasteiger partial charge in [0.1, 0.15) is 11.2 Å². The number of aromatic nitrogens is 3. The Morgan fingerprint density at radius 3 is 2.97 bits per heavy atom. The highest BCUT2D eigenvalue weighted by atomic mass is 19.1. The van der Waals surface area contributed by atoms with E-state index in [-0.39, 0.29) is 17.1 Å². The van der Waals surface area contributed by atoms with E-state index in [1.54, 1.807) is 22.9 Å². The molecule has 0 bridgehead atoms. The predicted molar refractivity (Wildman–Crippen MR) is 126 cm³/mol. The highest BCUT2D eigenvalue weighted by Crippen LogP contribution is 2.28. The summed E-state index contributed by atoms with van der Waals surface area (Å²) in [4.78, 5) is 33.5. The topological polar surface area (TPSA) is 82.5 Å². The van der Waals surface area contributed by atoms with Crippen molar-refractivity contribution < 1.29 is 13.3 Å². The maximum absolute atomic E-state index is 13.9. The van der Waals surface area contributed by atoms with Gasteiger partial charge in [-0.15, -0.1) is 0 Å². The van der Waals surface area contributed by atoms with Gasteiger partial charge in [-0.05, 0) is 46.9 Å². The average molecular weight is 449 g/mol. The van der Waals surface area contributed by atoms with E-state index in [1.165, 1.54) is 12.1 Å². The first-order valence-electron chi connectivity index (χ1n) is 12.1. The van der Waals surface area contributed by atoms with Gasteiger partial charge in [-0.1, -0.05) is 25.1 Å². The Kier molecular flexibility index (Phi) is 4.46. The maximum Gasteiger partial charge on any atom is 0.275 e. The van der Waals surface area contributed by atoms with Crippen LogP contribution in [-0.4, -0.2) is 45.2 Å². The predicted octanol–water partition coefficient (Wildman–Crippen LogP) is 3.21. The van der Waals surface area contributed by atoms with E-state index in [0.29, 0.717) is 18.6 Å². The van der Waals surface area contributed by atoms with Crippen LogP contribution in [0.3, 0.4) is 0 Å². The fourth-order valence-corrected chi connectivity index (χ4v) is 4.54. The zero-order chi connectivity index (χ0) is 25.6. The molecule has 4 aromatic rings. The van der Waals surface area contributed by atoms with Crippen molar-refractivity contribution in [1.82, 2.24) is 24.6 Å². The first kappa shape index (κ1) is 17.7. The first-order valence-corrected chi connectivity index (χ1v) is 10.6. The van der Waals surface area contributed by atoms with Gasteiger partial charge in [0.05, 0.1) is 11.0 Å². The molecule has 33 heavy (non-hydrogen) atoms. The van der Waals surface area contributed by atoms with Crippen molar-refractivity contribution in [2.24, 2.45) is 5.92 Å². The second-order valence-corrected chi connectivity index (χ2v) is 8.33. The molecule has 0 saturated carbocycles. The third-order valence-corrected chi connectivity index (χ3v) is 6.10. The van der Waals surface area contributed by atoms with E-state index in [2.05, 4.69) is 27.9 Å². The van der Waals surface area contributed by atoms with Gasteiger partial charge in [-0.25, -0.2) is 4.39 Å². The van der Waals surface area contributed by atoms with Crippen molar-refractivity contribution >= 4 is 28.0 Å². The van der Waals surface area contributed by atoms with Gasteiger partial charge in [-0.2, -0.15) is 0 Å². The molecule has 0 spiro atoms. The Labute approximate surface area is 193 Å². The van der Waals surface area contributed by atoms with Crippen LogP contribution in [0.15, 0.2) is 59.7 Å². The summed E-state index contributed by atoms with van der Waals surface area (Å²) in [5, 5.41) is 1.94. The Bertz CT molecular complexity index is 1560. The van der Waals surface area contributed by atoms with Crippen LogP contribution in [0.4, 0.5) is 4.39 Å². The summed E-state index contributed by atoms with van der Waals surface area (Å²) in [5.74, 6) is -1.08. The lowest BCUT2D eigenvalue weighted by Crippen LogP contribution is -2.32. The lowest BCUT2D eigenvalue weighted by molar-refractivity contribution is 0.0958. The summed E-state index contributed by atoms with van der Waals surface area (Å²) < 4.78 is 37.0.